The summed E-state index contributed by atoms with van der Waals surface area (Å²) in [6, 6.07) is 13.4. The number of hydrogen-bond acceptors (Lipinski definition) is 4. The van der Waals surface area contributed by atoms with Gasteiger partial charge in [-0.05, 0) is 23.3 Å². The molecule has 0 saturated carbocycles. The fourth-order valence-corrected chi connectivity index (χ4v) is 2.40. The first-order valence-electron chi connectivity index (χ1n) is 7.75. The number of carbonyl (C=O) groups excluding carboxylic acids is 1. The molecule has 0 aliphatic carbocycles. The molecule has 24 heavy (non-hydrogen) atoms. The number of pyridine rings is 1. The molecule has 0 saturated heterocycles. The van der Waals surface area contributed by atoms with Gasteiger partial charge in [0.25, 0.3) is 0 Å². The van der Waals surface area contributed by atoms with E-state index in [0.717, 1.165) is 22.5 Å². The summed E-state index contributed by atoms with van der Waals surface area (Å²) in [7, 11) is 0. The second kappa shape index (κ2) is 7.52. The molecule has 1 aromatic carbocycles. The highest BCUT2D eigenvalue weighted by molar-refractivity contribution is 5.78. The van der Waals surface area contributed by atoms with Crippen molar-refractivity contribution in [3.05, 3.63) is 77.7 Å². The van der Waals surface area contributed by atoms with Crippen molar-refractivity contribution in [3.8, 4) is 5.82 Å². The standard InChI is InChI=1S/C18H19N5O/c19-12-15-6-4-14(5-7-15)11-17(24)21-13-16-3-1-8-20-18(16)23-10-2-9-22-23/h1-10H,11-13,19H2,(H,21,24). The number of carbonyl (C=O) groups is 1. The molecule has 122 valence electrons. The number of benzene rings is 1. The fourth-order valence-electron chi connectivity index (χ4n) is 2.40. The van der Waals surface area contributed by atoms with Gasteiger partial charge in [-0.3, -0.25) is 4.79 Å². The molecule has 0 unspecified atom stereocenters. The van der Waals surface area contributed by atoms with Gasteiger partial charge in [0.05, 0.1) is 6.42 Å². The lowest BCUT2D eigenvalue weighted by Gasteiger charge is -2.10. The quantitative estimate of drug-likeness (QED) is 0.722. The van der Waals surface area contributed by atoms with Crippen LogP contribution in [0.15, 0.2) is 61.1 Å². The van der Waals surface area contributed by atoms with Gasteiger partial charge < -0.3 is 11.1 Å². The van der Waals surface area contributed by atoms with Crippen molar-refractivity contribution >= 4 is 5.91 Å². The van der Waals surface area contributed by atoms with Crippen LogP contribution in [-0.2, 0) is 24.3 Å². The summed E-state index contributed by atoms with van der Waals surface area (Å²) < 4.78 is 1.69. The minimum atomic E-state index is -0.0363. The van der Waals surface area contributed by atoms with Crippen molar-refractivity contribution in [2.45, 2.75) is 19.5 Å². The topological polar surface area (TPSA) is 85.8 Å². The number of nitrogens with two attached hydrogens (primary N) is 1. The molecular formula is C18H19N5O. The lowest BCUT2D eigenvalue weighted by Crippen LogP contribution is -2.25. The smallest absolute Gasteiger partial charge is 0.224 e. The van der Waals surface area contributed by atoms with Crippen molar-refractivity contribution in [3.63, 3.8) is 0 Å². The van der Waals surface area contributed by atoms with E-state index in [0.29, 0.717) is 19.5 Å². The summed E-state index contributed by atoms with van der Waals surface area (Å²) in [5, 5.41) is 7.12. The summed E-state index contributed by atoms with van der Waals surface area (Å²) in [4.78, 5) is 16.5. The Kier molecular flexibility index (Phi) is 4.98. The predicted octanol–water partition coefficient (Wildman–Crippen LogP) is 1.58. The van der Waals surface area contributed by atoms with Gasteiger partial charge in [-0.25, -0.2) is 9.67 Å². The number of rotatable bonds is 6. The second-order valence-electron chi connectivity index (χ2n) is 5.41. The number of hydrogen-bond donors (Lipinski definition) is 2. The Bertz CT molecular complexity index is 797. The van der Waals surface area contributed by atoms with Crippen LogP contribution in [0.2, 0.25) is 0 Å². The summed E-state index contributed by atoms with van der Waals surface area (Å²) in [6.45, 7) is 0.909. The van der Waals surface area contributed by atoms with Crippen LogP contribution >= 0.6 is 0 Å². The molecule has 0 aliphatic rings. The molecule has 0 spiro atoms. The third-order valence-corrected chi connectivity index (χ3v) is 3.69. The normalized spacial score (nSPS) is 10.5. The van der Waals surface area contributed by atoms with Gasteiger partial charge in [0.1, 0.15) is 0 Å². The molecule has 3 N–H and O–H groups in total. The number of amides is 1. The van der Waals surface area contributed by atoms with Gasteiger partial charge in [0, 0.05) is 37.2 Å². The minimum absolute atomic E-state index is 0.0363. The number of nitrogens with one attached hydrogen (secondary N) is 1. The highest BCUT2D eigenvalue weighted by atomic mass is 16.1. The third-order valence-electron chi connectivity index (χ3n) is 3.69. The predicted molar refractivity (Wildman–Crippen MR) is 91.2 cm³/mol. The molecule has 0 aliphatic heterocycles. The maximum atomic E-state index is 12.2. The van der Waals surface area contributed by atoms with E-state index in [4.69, 9.17) is 5.73 Å². The van der Waals surface area contributed by atoms with E-state index in [2.05, 4.69) is 15.4 Å². The van der Waals surface area contributed by atoms with E-state index in [1.807, 2.05) is 48.7 Å². The van der Waals surface area contributed by atoms with Crippen LogP contribution in [0.25, 0.3) is 5.82 Å². The lowest BCUT2D eigenvalue weighted by molar-refractivity contribution is -0.120. The van der Waals surface area contributed by atoms with E-state index >= 15 is 0 Å². The van der Waals surface area contributed by atoms with Gasteiger partial charge in [-0.2, -0.15) is 5.10 Å². The van der Waals surface area contributed by atoms with Crippen molar-refractivity contribution in [2.24, 2.45) is 5.73 Å². The zero-order valence-corrected chi connectivity index (χ0v) is 13.2. The zero-order valence-electron chi connectivity index (χ0n) is 13.2. The van der Waals surface area contributed by atoms with Crippen LogP contribution in [0.4, 0.5) is 0 Å². The number of nitrogens with zero attached hydrogens (tertiary/aromatic N) is 3. The molecule has 6 heteroatoms. The first-order valence-corrected chi connectivity index (χ1v) is 7.75. The largest absolute Gasteiger partial charge is 0.352 e. The van der Waals surface area contributed by atoms with Crippen molar-refractivity contribution in [1.29, 1.82) is 0 Å². The van der Waals surface area contributed by atoms with Crippen LogP contribution in [-0.4, -0.2) is 20.7 Å². The van der Waals surface area contributed by atoms with Crippen LogP contribution in [0, 0.1) is 0 Å². The van der Waals surface area contributed by atoms with Crippen LogP contribution in [0.3, 0.4) is 0 Å². The molecule has 0 fully saturated rings. The molecule has 0 bridgehead atoms. The average Bonchev–Trinajstić information content (AvgIpc) is 3.15. The summed E-state index contributed by atoms with van der Waals surface area (Å²) in [5.74, 6) is 0.681. The molecule has 1 amide bonds. The lowest BCUT2D eigenvalue weighted by atomic mass is 10.1. The van der Waals surface area contributed by atoms with Gasteiger partial charge in [0.2, 0.25) is 5.91 Å². The van der Waals surface area contributed by atoms with Crippen molar-refractivity contribution < 1.29 is 4.79 Å². The first-order chi connectivity index (χ1) is 11.8. The second-order valence-corrected chi connectivity index (χ2v) is 5.41. The Hall–Kier alpha value is -2.99. The molecule has 0 radical (unpaired) electrons. The number of aromatic nitrogens is 3. The highest BCUT2D eigenvalue weighted by Gasteiger charge is 2.08. The Morgan fingerprint density at radius 1 is 1.08 bits per heavy atom. The molecule has 0 atom stereocenters. The van der Waals surface area contributed by atoms with Crippen LogP contribution < -0.4 is 11.1 Å². The molecule has 3 aromatic rings. The van der Waals surface area contributed by atoms with E-state index < -0.39 is 0 Å². The first kappa shape index (κ1) is 15.9. The van der Waals surface area contributed by atoms with E-state index in [1.54, 1.807) is 17.1 Å². The van der Waals surface area contributed by atoms with Gasteiger partial charge >= 0.3 is 0 Å². The summed E-state index contributed by atoms with van der Waals surface area (Å²) >= 11 is 0. The Morgan fingerprint density at radius 3 is 2.58 bits per heavy atom. The van der Waals surface area contributed by atoms with Gasteiger partial charge in [-0.1, -0.05) is 30.3 Å². The van der Waals surface area contributed by atoms with Crippen molar-refractivity contribution in [1.82, 2.24) is 20.1 Å². The SMILES string of the molecule is NCc1ccc(CC(=O)NCc2cccnc2-n2cccn2)cc1. The fraction of sp³-hybridized carbons (Fsp3) is 0.167. The molecule has 2 heterocycles. The Balaban J connectivity index is 1.62. The zero-order chi connectivity index (χ0) is 16.8. The highest BCUT2D eigenvalue weighted by Crippen LogP contribution is 2.10. The Labute approximate surface area is 140 Å². The van der Waals surface area contributed by atoms with Crippen molar-refractivity contribution in [2.75, 3.05) is 0 Å². The molecule has 3 rings (SSSR count). The summed E-state index contributed by atoms with van der Waals surface area (Å²) in [6.07, 6.45) is 5.57. The maximum absolute atomic E-state index is 12.2. The van der Waals surface area contributed by atoms with E-state index in [9.17, 15) is 4.79 Å². The third kappa shape index (κ3) is 3.85. The maximum Gasteiger partial charge on any atom is 0.224 e. The van der Waals surface area contributed by atoms with Crippen LogP contribution in [0.5, 0.6) is 0 Å². The van der Waals surface area contributed by atoms with Crippen LogP contribution in [0.1, 0.15) is 16.7 Å². The molecular weight excluding hydrogens is 302 g/mol. The van der Waals surface area contributed by atoms with Gasteiger partial charge in [0.15, 0.2) is 5.82 Å². The molecule has 2 aromatic heterocycles. The Morgan fingerprint density at radius 2 is 1.88 bits per heavy atom. The average molecular weight is 321 g/mol. The van der Waals surface area contributed by atoms with E-state index in [1.165, 1.54) is 0 Å². The molecule has 6 nitrogen and oxygen atoms in total. The monoisotopic (exact) mass is 321 g/mol. The minimum Gasteiger partial charge on any atom is -0.352 e. The van der Waals surface area contributed by atoms with Gasteiger partial charge in [-0.15, -0.1) is 0 Å². The van der Waals surface area contributed by atoms with E-state index in [-0.39, 0.29) is 5.91 Å². The summed E-state index contributed by atoms with van der Waals surface area (Å²) in [5.41, 5.74) is 8.50.